The highest BCUT2D eigenvalue weighted by atomic mass is 16.3. The molecule has 0 aromatic heterocycles. The first-order chi connectivity index (χ1) is 9.31. The van der Waals surface area contributed by atoms with Gasteiger partial charge in [0.1, 0.15) is 0 Å². The Morgan fingerprint density at radius 3 is 2.47 bits per heavy atom. The highest BCUT2D eigenvalue weighted by Crippen LogP contribution is 2.22. The summed E-state index contributed by atoms with van der Waals surface area (Å²) in [5.74, 6) is 1.30. The predicted octanol–water partition coefficient (Wildman–Crippen LogP) is 2.96. The van der Waals surface area contributed by atoms with Crippen molar-refractivity contribution in [1.29, 1.82) is 0 Å². The van der Waals surface area contributed by atoms with Gasteiger partial charge < -0.3 is 10.0 Å². The molecule has 0 spiro atoms. The molecule has 1 atom stereocenters. The van der Waals surface area contributed by atoms with E-state index in [4.69, 9.17) is 0 Å². The van der Waals surface area contributed by atoms with Crippen molar-refractivity contribution in [2.45, 2.75) is 32.6 Å². The summed E-state index contributed by atoms with van der Waals surface area (Å²) in [5.41, 5.74) is 1.47. The summed E-state index contributed by atoms with van der Waals surface area (Å²) in [4.78, 5) is 2.53. The highest BCUT2D eigenvalue weighted by molar-refractivity contribution is 5.15. The normalized spacial score (nSPS) is 19.5. The highest BCUT2D eigenvalue weighted by Gasteiger charge is 2.21. The fourth-order valence-electron chi connectivity index (χ4n) is 3.00. The Bertz CT molecular complexity index is 340. The van der Waals surface area contributed by atoms with Gasteiger partial charge in [0.15, 0.2) is 0 Å². The van der Waals surface area contributed by atoms with Gasteiger partial charge in [-0.15, -0.1) is 0 Å². The molecule has 1 aromatic carbocycles. The minimum absolute atomic E-state index is 0.334. The summed E-state index contributed by atoms with van der Waals surface area (Å²) in [7, 11) is 0. The van der Waals surface area contributed by atoms with Crippen molar-refractivity contribution in [3.05, 3.63) is 35.9 Å². The average Bonchev–Trinajstić information content (AvgIpc) is 2.47. The second kappa shape index (κ2) is 7.66. The number of likely N-dealkylation sites (tertiary alicyclic amines) is 1. The monoisotopic (exact) mass is 261 g/mol. The van der Waals surface area contributed by atoms with Crippen LogP contribution in [0.5, 0.6) is 0 Å². The molecular weight excluding hydrogens is 234 g/mol. The third-order valence-corrected chi connectivity index (χ3v) is 4.43. The minimum Gasteiger partial charge on any atom is -0.396 e. The van der Waals surface area contributed by atoms with Gasteiger partial charge in [0.2, 0.25) is 0 Å². The molecule has 0 unspecified atom stereocenters. The summed E-state index contributed by atoms with van der Waals surface area (Å²) in [6.07, 6.45) is 4.92. The van der Waals surface area contributed by atoms with E-state index in [0.29, 0.717) is 12.5 Å². The molecule has 0 bridgehead atoms. The van der Waals surface area contributed by atoms with Crippen LogP contribution < -0.4 is 0 Å². The largest absolute Gasteiger partial charge is 0.396 e. The molecule has 0 amide bonds. The van der Waals surface area contributed by atoms with Gasteiger partial charge in [0.05, 0.1) is 0 Å². The Morgan fingerprint density at radius 1 is 1.21 bits per heavy atom. The molecule has 1 aromatic rings. The van der Waals surface area contributed by atoms with Crippen LogP contribution in [-0.2, 0) is 6.42 Å². The van der Waals surface area contributed by atoms with Crippen LogP contribution in [0.15, 0.2) is 30.3 Å². The van der Waals surface area contributed by atoms with Crippen LogP contribution in [0.1, 0.15) is 31.7 Å². The van der Waals surface area contributed by atoms with Crippen molar-refractivity contribution in [3.63, 3.8) is 0 Å². The zero-order chi connectivity index (χ0) is 13.5. The Morgan fingerprint density at radius 2 is 1.89 bits per heavy atom. The van der Waals surface area contributed by atoms with Gasteiger partial charge >= 0.3 is 0 Å². The van der Waals surface area contributed by atoms with E-state index in [1.54, 1.807) is 0 Å². The lowest BCUT2D eigenvalue weighted by molar-refractivity contribution is 0.126. The van der Waals surface area contributed by atoms with Crippen molar-refractivity contribution >= 4 is 0 Å². The smallest absolute Gasteiger partial charge is 0.0471 e. The van der Waals surface area contributed by atoms with E-state index in [1.807, 2.05) is 0 Å². The lowest BCUT2D eigenvalue weighted by atomic mass is 9.90. The number of hydrogen-bond donors (Lipinski definition) is 1. The molecule has 0 radical (unpaired) electrons. The molecule has 1 saturated heterocycles. The van der Waals surface area contributed by atoms with Crippen LogP contribution >= 0.6 is 0 Å². The molecule has 1 aliphatic rings. The first-order valence-electron chi connectivity index (χ1n) is 7.69. The molecule has 0 aliphatic carbocycles. The topological polar surface area (TPSA) is 23.5 Å². The van der Waals surface area contributed by atoms with Crippen molar-refractivity contribution in [2.75, 3.05) is 26.2 Å². The molecule has 1 fully saturated rings. The zero-order valence-corrected chi connectivity index (χ0v) is 12.1. The fourth-order valence-corrected chi connectivity index (χ4v) is 3.00. The molecule has 1 heterocycles. The average molecular weight is 261 g/mol. The van der Waals surface area contributed by atoms with Gasteiger partial charge in [-0.2, -0.15) is 0 Å². The third-order valence-electron chi connectivity index (χ3n) is 4.43. The van der Waals surface area contributed by atoms with E-state index < -0.39 is 0 Å². The number of rotatable bonds is 6. The molecule has 106 valence electrons. The molecule has 19 heavy (non-hydrogen) atoms. The number of nitrogens with zero attached hydrogens (tertiary/aromatic N) is 1. The van der Waals surface area contributed by atoms with Crippen LogP contribution in [-0.4, -0.2) is 36.2 Å². The number of piperidine rings is 1. The van der Waals surface area contributed by atoms with E-state index in [1.165, 1.54) is 37.9 Å². The molecule has 1 N–H and O–H groups in total. The van der Waals surface area contributed by atoms with Gasteiger partial charge in [0.25, 0.3) is 0 Å². The van der Waals surface area contributed by atoms with E-state index >= 15 is 0 Å². The fraction of sp³-hybridized carbons (Fsp3) is 0.647. The van der Waals surface area contributed by atoms with E-state index in [2.05, 4.69) is 42.2 Å². The maximum absolute atomic E-state index is 9.28. The second-order valence-electron chi connectivity index (χ2n) is 5.89. The zero-order valence-electron chi connectivity index (χ0n) is 12.1. The maximum Gasteiger partial charge on any atom is 0.0471 e. The van der Waals surface area contributed by atoms with Gasteiger partial charge in [-0.05, 0) is 56.2 Å². The van der Waals surface area contributed by atoms with Crippen LogP contribution in [0.2, 0.25) is 0 Å². The van der Waals surface area contributed by atoms with E-state index in [-0.39, 0.29) is 0 Å². The standard InChI is InChI=1S/C17H27NO/c1-2-15(14-19)13-18-10-8-17(9-11-18)12-16-6-4-3-5-7-16/h3-7,15,17,19H,2,8-14H2,1H3/t15-/m1/s1. The van der Waals surface area contributed by atoms with E-state index in [9.17, 15) is 5.11 Å². The van der Waals surface area contributed by atoms with Gasteiger partial charge in [-0.25, -0.2) is 0 Å². The summed E-state index contributed by atoms with van der Waals surface area (Å²) in [5, 5.41) is 9.28. The summed E-state index contributed by atoms with van der Waals surface area (Å²) < 4.78 is 0. The first-order valence-corrected chi connectivity index (χ1v) is 7.69. The Labute approximate surface area is 117 Å². The second-order valence-corrected chi connectivity index (χ2v) is 5.89. The molecule has 0 saturated carbocycles. The van der Waals surface area contributed by atoms with Crippen LogP contribution in [0, 0.1) is 11.8 Å². The van der Waals surface area contributed by atoms with E-state index in [0.717, 1.165) is 18.9 Å². The third kappa shape index (κ3) is 4.63. The van der Waals surface area contributed by atoms with Gasteiger partial charge in [0, 0.05) is 13.2 Å². The minimum atomic E-state index is 0.334. The Balaban J connectivity index is 1.73. The lowest BCUT2D eigenvalue weighted by Gasteiger charge is -2.33. The van der Waals surface area contributed by atoms with Crippen molar-refractivity contribution in [1.82, 2.24) is 4.90 Å². The Hall–Kier alpha value is -0.860. The first kappa shape index (κ1) is 14.5. The molecule has 2 nitrogen and oxygen atoms in total. The van der Waals surface area contributed by atoms with Crippen molar-refractivity contribution < 1.29 is 5.11 Å². The molecular formula is C17H27NO. The van der Waals surface area contributed by atoms with Gasteiger partial charge in [-0.1, -0.05) is 37.3 Å². The van der Waals surface area contributed by atoms with Crippen molar-refractivity contribution in [2.24, 2.45) is 11.8 Å². The molecule has 1 aliphatic heterocycles. The van der Waals surface area contributed by atoms with Crippen LogP contribution in [0.3, 0.4) is 0 Å². The SMILES string of the molecule is CC[C@@H](CO)CN1CCC(Cc2ccccc2)CC1. The quantitative estimate of drug-likeness (QED) is 0.851. The van der Waals surface area contributed by atoms with Crippen molar-refractivity contribution in [3.8, 4) is 0 Å². The number of aliphatic hydroxyl groups excluding tert-OH is 1. The summed E-state index contributed by atoms with van der Waals surface area (Å²) in [6.45, 7) is 5.98. The predicted molar refractivity (Wildman–Crippen MR) is 80.2 cm³/mol. The maximum atomic E-state index is 9.28. The number of hydrogen-bond acceptors (Lipinski definition) is 2. The van der Waals surface area contributed by atoms with Crippen LogP contribution in [0.25, 0.3) is 0 Å². The number of aliphatic hydroxyl groups is 1. The summed E-state index contributed by atoms with van der Waals surface area (Å²) >= 11 is 0. The number of benzene rings is 1. The molecule has 2 rings (SSSR count). The van der Waals surface area contributed by atoms with Crippen LogP contribution in [0.4, 0.5) is 0 Å². The van der Waals surface area contributed by atoms with Gasteiger partial charge in [-0.3, -0.25) is 0 Å². The Kier molecular flexibility index (Phi) is 5.87. The lowest BCUT2D eigenvalue weighted by Crippen LogP contribution is -2.38. The summed E-state index contributed by atoms with van der Waals surface area (Å²) in [6, 6.07) is 10.8. The molecule has 2 heteroatoms.